The Morgan fingerprint density at radius 3 is 2.63 bits per heavy atom. The van der Waals surface area contributed by atoms with Crippen LogP contribution in [0.3, 0.4) is 0 Å². The lowest BCUT2D eigenvalue weighted by atomic mass is 9.99. The first kappa shape index (κ1) is 23.7. The fourth-order valence-corrected chi connectivity index (χ4v) is 4.73. The molecule has 0 fully saturated rings. The van der Waals surface area contributed by atoms with Crippen molar-refractivity contribution < 1.29 is 4.39 Å². The molecule has 0 aliphatic carbocycles. The van der Waals surface area contributed by atoms with Crippen molar-refractivity contribution in [1.29, 1.82) is 0 Å². The molecule has 4 aromatic heterocycles. The van der Waals surface area contributed by atoms with E-state index in [2.05, 4.69) is 33.1 Å². The number of aryl methyl sites for hydroxylation is 1. The van der Waals surface area contributed by atoms with Crippen LogP contribution in [0.25, 0.3) is 39.4 Å². The summed E-state index contributed by atoms with van der Waals surface area (Å²) in [5, 5.41) is 4.28. The number of rotatable bonds is 7. The zero-order valence-electron chi connectivity index (χ0n) is 21.1. The van der Waals surface area contributed by atoms with Gasteiger partial charge in [-0.05, 0) is 67.1 Å². The fourth-order valence-electron chi connectivity index (χ4n) is 4.73. The topological polar surface area (TPSA) is 75.0 Å². The predicted octanol–water partition coefficient (Wildman–Crippen LogP) is 5.93. The maximum atomic E-state index is 13.9. The molecular formula is C30H26FN7. The van der Waals surface area contributed by atoms with Crippen LogP contribution in [0.1, 0.15) is 17.1 Å². The summed E-state index contributed by atoms with van der Waals surface area (Å²) in [7, 11) is 2.05. The Balaban J connectivity index is 1.32. The Bertz CT molecular complexity index is 1740. The largest absolute Gasteiger partial charge is 0.339 e. The third-order valence-electron chi connectivity index (χ3n) is 6.46. The molecule has 0 amide bonds. The van der Waals surface area contributed by atoms with Crippen LogP contribution >= 0.6 is 0 Å². The molecule has 38 heavy (non-hydrogen) atoms. The highest BCUT2D eigenvalue weighted by molar-refractivity contribution is 5.77. The monoisotopic (exact) mass is 503 g/mol. The van der Waals surface area contributed by atoms with Gasteiger partial charge in [0.15, 0.2) is 5.65 Å². The minimum Gasteiger partial charge on any atom is -0.339 e. The van der Waals surface area contributed by atoms with E-state index < -0.39 is 0 Å². The molecule has 0 aliphatic rings. The van der Waals surface area contributed by atoms with Crippen molar-refractivity contribution in [3.05, 3.63) is 114 Å². The lowest BCUT2D eigenvalue weighted by Gasteiger charge is -2.18. The molecule has 0 saturated carbocycles. The van der Waals surface area contributed by atoms with Crippen molar-refractivity contribution in [1.82, 2.24) is 34.4 Å². The number of benzene rings is 2. The number of halogens is 1. The minimum atomic E-state index is -0.241. The highest BCUT2D eigenvalue weighted by Crippen LogP contribution is 2.30. The highest BCUT2D eigenvalue weighted by atomic mass is 19.1. The number of nitrogens with one attached hydrogen (secondary N) is 1. The number of hydrogen-bond donors (Lipinski definition) is 1. The Hall–Kier alpha value is -4.69. The third kappa shape index (κ3) is 4.81. The SMILES string of the molecule is Cc1cccc(-c2[nH]c(CN(C)Cc3ccccc3-c3cccc(F)c3)nc2-c2ccc3ncnn3c2)n1. The van der Waals surface area contributed by atoms with Crippen molar-refractivity contribution in [3.8, 4) is 33.8 Å². The van der Waals surface area contributed by atoms with Gasteiger partial charge in [0.1, 0.15) is 18.0 Å². The number of imidazole rings is 1. The van der Waals surface area contributed by atoms with Gasteiger partial charge in [-0.25, -0.2) is 18.9 Å². The molecule has 6 rings (SSSR count). The van der Waals surface area contributed by atoms with E-state index in [1.807, 2.05) is 67.7 Å². The van der Waals surface area contributed by atoms with Gasteiger partial charge in [0.05, 0.1) is 23.6 Å². The van der Waals surface area contributed by atoms with Gasteiger partial charge in [0, 0.05) is 24.0 Å². The zero-order chi connectivity index (χ0) is 26.1. The molecule has 0 radical (unpaired) electrons. The summed E-state index contributed by atoms with van der Waals surface area (Å²) in [4.78, 5) is 19.7. The molecule has 8 heteroatoms. The molecular weight excluding hydrogens is 477 g/mol. The number of pyridine rings is 2. The summed E-state index contributed by atoms with van der Waals surface area (Å²) in [6.45, 7) is 3.24. The van der Waals surface area contributed by atoms with E-state index in [9.17, 15) is 4.39 Å². The summed E-state index contributed by atoms with van der Waals surface area (Å²) in [6, 6.07) is 24.7. The van der Waals surface area contributed by atoms with E-state index in [1.165, 1.54) is 12.4 Å². The molecule has 1 N–H and O–H groups in total. The molecule has 0 atom stereocenters. The Morgan fingerprint density at radius 2 is 1.76 bits per heavy atom. The molecule has 4 heterocycles. The Labute approximate surface area is 219 Å². The van der Waals surface area contributed by atoms with Crippen LogP contribution in [-0.4, -0.2) is 41.5 Å². The lowest BCUT2D eigenvalue weighted by molar-refractivity contribution is 0.312. The van der Waals surface area contributed by atoms with E-state index in [0.717, 1.165) is 56.5 Å². The van der Waals surface area contributed by atoms with Crippen LogP contribution in [0.5, 0.6) is 0 Å². The molecule has 0 bridgehead atoms. The molecule has 7 nitrogen and oxygen atoms in total. The maximum absolute atomic E-state index is 13.9. The van der Waals surface area contributed by atoms with Gasteiger partial charge in [-0.15, -0.1) is 0 Å². The third-order valence-corrected chi connectivity index (χ3v) is 6.46. The molecule has 0 aliphatic heterocycles. The van der Waals surface area contributed by atoms with Crippen molar-refractivity contribution in [2.75, 3.05) is 7.05 Å². The highest BCUT2D eigenvalue weighted by Gasteiger charge is 2.18. The average Bonchev–Trinajstić information content (AvgIpc) is 3.55. The average molecular weight is 504 g/mol. The van der Waals surface area contributed by atoms with Gasteiger partial charge in [-0.3, -0.25) is 9.88 Å². The fraction of sp³-hybridized carbons (Fsp3) is 0.133. The van der Waals surface area contributed by atoms with Crippen LogP contribution in [0.4, 0.5) is 4.39 Å². The van der Waals surface area contributed by atoms with Crippen LogP contribution in [0, 0.1) is 12.7 Å². The van der Waals surface area contributed by atoms with Crippen molar-refractivity contribution in [3.63, 3.8) is 0 Å². The second kappa shape index (κ2) is 9.99. The first-order chi connectivity index (χ1) is 18.5. The van der Waals surface area contributed by atoms with Crippen LogP contribution < -0.4 is 0 Å². The second-order valence-corrected chi connectivity index (χ2v) is 9.39. The maximum Gasteiger partial charge on any atom is 0.155 e. The quantitative estimate of drug-likeness (QED) is 0.292. The van der Waals surface area contributed by atoms with Gasteiger partial charge < -0.3 is 4.98 Å². The number of H-pyrrole nitrogens is 1. The first-order valence-electron chi connectivity index (χ1n) is 12.4. The van der Waals surface area contributed by atoms with E-state index in [1.54, 1.807) is 16.6 Å². The second-order valence-electron chi connectivity index (χ2n) is 9.39. The molecule has 0 saturated heterocycles. The summed E-state index contributed by atoms with van der Waals surface area (Å²) in [5.74, 6) is 0.581. The van der Waals surface area contributed by atoms with Crippen molar-refractivity contribution in [2.45, 2.75) is 20.0 Å². The van der Waals surface area contributed by atoms with E-state index in [4.69, 9.17) is 9.97 Å². The summed E-state index contributed by atoms with van der Waals surface area (Å²) in [6.07, 6.45) is 3.47. The van der Waals surface area contributed by atoms with E-state index in [-0.39, 0.29) is 5.82 Å². The predicted molar refractivity (Wildman–Crippen MR) is 146 cm³/mol. The van der Waals surface area contributed by atoms with Crippen LogP contribution in [-0.2, 0) is 13.1 Å². The number of aromatic amines is 1. The Kier molecular flexibility index (Phi) is 6.23. The van der Waals surface area contributed by atoms with Crippen LogP contribution in [0.15, 0.2) is 91.4 Å². The number of nitrogens with zero attached hydrogens (tertiary/aromatic N) is 6. The van der Waals surface area contributed by atoms with Crippen LogP contribution in [0.2, 0.25) is 0 Å². The smallest absolute Gasteiger partial charge is 0.155 e. The van der Waals surface area contributed by atoms with Crippen molar-refractivity contribution >= 4 is 5.65 Å². The van der Waals surface area contributed by atoms with Gasteiger partial charge in [0.2, 0.25) is 0 Å². The first-order valence-corrected chi connectivity index (χ1v) is 12.4. The summed E-state index contributed by atoms with van der Waals surface area (Å²) >= 11 is 0. The van der Waals surface area contributed by atoms with Gasteiger partial charge >= 0.3 is 0 Å². The molecule has 2 aromatic carbocycles. The normalized spacial score (nSPS) is 11.5. The lowest BCUT2D eigenvalue weighted by Crippen LogP contribution is -2.18. The van der Waals surface area contributed by atoms with Gasteiger partial charge in [0.25, 0.3) is 0 Å². The molecule has 6 aromatic rings. The zero-order valence-corrected chi connectivity index (χ0v) is 21.1. The van der Waals surface area contributed by atoms with E-state index >= 15 is 0 Å². The Morgan fingerprint density at radius 1 is 0.895 bits per heavy atom. The molecule has 0 unspecified atom stereocenters. The van der Waals surface area contributed by atoms with E-state index in [0.29, 0.717) is 13.1 Å². The standard InChI is InChI=1S/C30H26FN7/c1-20-7-5-12-26(34-20)30-29(23-13-14-28-32-19-33-38(28)17-23)35-27(36-30)18-37(2)16-22-8-3-4-11-25(22)21-9-6-10-24(31)15-21/h3-15,17,19H,16,18H2,1-2H3,(H,35,36). The number of aromatic nitrogens is 6. The van der Waals surface area contributed by atoms with Crippen molar-refractivity contribution in [2.24, 2.45) is 0 Å². The summed E-state index contributed by atoms with van der Waals surface area (Å²) in [5.41, 5.74) is 8.12. The number of hydrogen-bond acceptors (Lipinski definition) is 5. The molecule has 0 spiro atoms. The number of fused-ring (bicyclic) bond motifs is 1. The summed E-state index contributed by atoms with van der Waals surface area (Å²) < 4.78 is 15.7. The molecule has 188 valence electrons. The minimum absolute atomic E-state index is 0.241. The van der Waals surface area contributed by atoms with Gasteiger partial charge in [-0.1, -0.05) is 42.5 Å². The van der Waals surface area contributed by atoms with Gasteiger partial charge in [-0.2, -0.15) is 5.10 Å².